The first kappa shape index (κ1) is 13.6. The second-order valence-electron chi connectivity index (χ2n) is 6.32. The summed E-state index contributed by atoms with van der Waals surface area (Å²) in [6.45, 7) is 1.84. The molecule has 3 nitrogen and oxygen atoms in total. The van der Waals surface area contributed by atoms with Crippen LogP contribution >= 0.6 is 0 Å². The van der Waals surface area contributed by atoms with Gasteiger partial charge in [-0.25, -0.2) is 0 Å². The van der Waals surface area contributed by atoms with Gasteiger partial charge in [0.2, 0.25) is 5.91 Å². The lowest BCUT2D eigenvalue weighted by atomic mass is 9.88. The molecule has 1 saturated heterocycles. The van der Waals surface area contributed by atoms with Crippen molar-refractivity contribution >= 4 is 5.91 Å². The van der Waals surface area contributed by atoms with E-state index >= 15 is 0 Å². The Balaban J connectivity index is 1.58. The molecule has 1 aliphatic carbocycles. The molecule has 1 aromatic rings. The Hall–Kier alpha value is -1.35. The minimum absolute atomic E-state index is 0.138. The molecule has 1 aliphatic heterocycles. The highest BCUT2D eigenvalue weighted by Gasteiger charge is 2.35. The molecule has 0 radical (unpaired) electrons. The molecule has 108 valence electrons. The van der Waals surface area contributed by atoms with Crippen molar-refractivity contribution in [2.45, 2.75) is 38.1 Å². The third kappa shape index (κ3) is 2.88. The number of carbonyl (C=O) groups is 1. The first-order valence-electron chi connectivity index (χ1n) is 7.82. The summed E-state index contributed by atoms with van der Waals surface area (Å²) in [5, 5.41) is 0. The molecule has 0 spiro atoms. The number of rotatable bonds is 3. The zero-order valence-electron chi connectivity index (χ0n) is 12.0. The fourth-order valence-electron chi connectivity index (χ4n) is 3.82. The number of likely N-dealkylation sites (tertiary alicyclic amines) is 1. The lowest BCUT2D eigenvalue weighted by molar-refractivity contribution is -0.134. The second-order valence-corrected chi connectivity index (χ2v) is 6.32. The summed E-state index contributed by atoms with van der Waals surface area (Å²) in [5.74, 6) is 1.74. The molecule has 1 amide bonds. The third-order valence-electron chi connectivity index (χ3n) is 4.97. The number of amides is 1. The van der Waals surface area contributed by atoms with Crippen LogP contribution in [0.3, 0.4) is 0 Å². The van der Waals surface area contributed by atoms with Crippen LogP contribution in [0, 0.1) is 11.8 Å². The van der Waals surface area contributed by atoms with Gasteiger partial charge in [0.15, 0.2) is 0 Å². The Kier molecular flexibility index (Phi) is 4.06. The Labute approximate surface area is 121 Å². The zero-order valence-corrected chi connectivity index (χ0v) is 12.0. The quantitative estimate of drug-likeness (QED) is 0.917. The number of piperidine rings is 1. The van der Waals surface area contributed by atoms with Crippen molar-refractivity contribution in [3.8, 4) is 0 Å². The van der Waals surface area contributed by atoms with Crippen molar-refractivity contribution < 1.29 is 4.79 Å². The highest BCUT2D eigenvalue weighted by atomic mass is 16.2. The van der Waals surface area contributed by atoms with Gasteiger partial charge < -0.3 is 10.6 Å². The number of fused-ring (bicyclic) bond motifs is 1. The first-order valence-corrected chi connectivity index (χ1v) is 7.82. The van der Waals surface area contributed by atoms with E-state index in [0.29, 0.717) is 6.42 Å². The molecular formula is C17H24N2O. The Morgan fingerprint density at radius 2 is 1.95 bits per heavy atom. The maximum Gasteiger partial charge on any atom is 0.239 e. The molecule has 2 fully saturated rings. The molecule has 1 heterocycles. The van der Waals surface area contributed by atoms with Gasteiger partial charge in [0.05, 0.1) is 6.04 Å². The smallest absolute Gasteiger partial charge is 0.239 e. The van der Waals surface area contributed by atoms with E-state index in [9.17, 15) is 4.79 Å². The number of benzene rings is 1. The summed E-state index contributed by atoms with van der Waals surface area (Å²) < 4.78 is 0. The Morgan fingerprint density at radius 1 is 1.20 bits per heavy atom. The largest absolute Gasteiger partial charge is 0.341 e. The Morgan fingerprint density at radius 3 is 2.75 bits per heavy atom. The van der Waals surface area contributed by atoms with Crippen LogP contribution in [0.25, 0.3) is 0 Å². The predicted molar refractivity (Wildman–Crippen MR) is 80.1 cm³/mol. The van der Waals surface area contributed by atoms with E-state index in [1.807, 2.05) is 35.2 Å². The van der Waals surface area contributed by atoms with E-state index < -0.39 is 6.04 Å². The average molecular weight is 272 g/mol. The van der Waals surface area contributed by atoms with Crippen LogP contribution in [0.5, 0.6) is 0 Å². The van der Waals surface area contributed by atoms with E-state index in [-0.39, 0.29) is 5.91 Å². The van der Waals surface area contributed by atoms with Gasteiger partial charge in [0.25, 0.3) is 0 Å². The second kappa shape index (κ2) is 5.96. The molecular weight excluding hydrogens is 248 g/mol. The van der Waals surface area contributed by atoms with Crippen LogP contribution in [0.15, 0.2) is 30.3 Å². The van der Waals surface area contributed by atoms with Gasteiger partial charge in [-0.15, -0.1) is 0 Å². The van der Waals surface area contributed by atoms with Gasteiger partial charge in [0, 0.05) is 13.1 Å². The highest BCUT2D eigenvalue weighted by molar-refractivity contribution is 5.82. The lowest BCUT2D eigenvalue weighted by Gasteiger charge is -2.36. The van der Waals surface area contributed by atoms with Gasteiger partial charge in [-0.1, -0.05) is 43.2 Å². The maximum atomic E-state index is 12.5. The summed E-state index contributed by atoms with van der Waals surface area (Å²) in [4.78, 5) is 14.5. The Bertz CT molecular complexity index is 459. The van der Waals surface area contributed by atoms with Crippen LogP contribution in [-0.4, -0.2) is 29.9 Å². The van der Waals surface area contributed by atoms with E-state index in [4.69, 9.17) is 5.73 Å². The van der Waals surface area contributed by atoms with Crippen LogP contribution in [0.2, 0.25) is 0 Å². The number of hydrogen-bond acceptors (Lipinski definition) is 2. The van der Waals surface area contributed by atoms with Crippen LogP contribution in [0.1, 0.15) is 31.2 Å². The fourth-order valence-corrected chi connectivity index (χ4v) is 3.82. The summed E-state index contributed by atoms with van der Waals surface area (Å²) in [5.41, 5.74) is 7.27. The zero-order chi connectivity index (χ0) is 13.9. The van der Waals surface area contributed by atoms with Gasteiger partial charge in [-0.05, 0) is 36.7 Å². The van der Waals surface area contributed by atoms with Crippen molar-refractivity contribution in [3.63, 3.8) is 0 Å². The molecule has 3 rings (SSSR count). The highest BCUT2D eigenvalue weighted by Crippen LogP contribution is 2.37. The van der Waals surface area contributed by atoms with Crippen molar-refractivity contribution in [3.05, 3.63) is 35.9 Å². The summed E-state index contributed by atoms with van der Waals surface area (Å²) >= 11 is 0. The topological polar surface area (TPSA) is 46.3 Å². The third-order valence-corrected chi connectivity index (χ3v) is 4.97. The summed E-state index contributed by atoms with van der Waals surface area (Å²) in [6.07, 6.45) is 5.82. The monoisotopic (exact) mass is 272 g/mol. The lowest BCUT2D eigenvalue weighted by Crippen LogP contribution is -2.50. The van der Waals surface area contributed by atoms with Crippen LogP contribution < -0.4 is 5.73 Å². The molecule has 20 heavy (non-hydrogen) atoms. The number of carbonyl (C=O) groups excluding carboxylic acids is 1. The molecule has 3 heteroatoms. The van der Waals surface area contributed by atoms with Crippen LogP contribution in [0.4, 0.5) is 0 Å². The molecule has 2 N–H and O–H groups in total. The molecule has 3 atom stereocenters. The predicted octanol–water partition coefficient (Wildman–Crippen LogP) is 2.21. The van der Waals surface area contributed by atoms with Crippen molar-refractivity contribution in [2.24, 2.45) is 17.6 Å². The summed E-state index contributed by atoms with van der Waals surface area (Å²) in [6, 6.07) is 9.66. The molecule has 1 aromatic carbocycles. The van der Waals surface area contributed by atoms with E-state index in [1.165, 1.54) is 25.7 Å². The number of hydrogen-bond donors (Lipinski definition) is 1. The minimum atomic E-state index is -0.393. The molecule has 0 aromatic heterocycles. The fraction of sp³-hybridized carbons (Fsp3) is 0.588. The van der Waals surface area contributed by atoms with Gasteiger partial charge >= 0.3 is 0 Å². The molecule has 2 aliphatic rings. The van der Waals surface area contributed by atoms with Crippen molar-refractivity contribution in [2.75, 3.05) is 13.1 Å². The average Bonchev–Trinajstić information content (AvgIpc) is 2.94. The van der Waals surface area contributed by atoms with E-state index in [0.717, 1.165) is 30.5 Å². The number of nitrogens with two attached hydrogens (primary N) is 1. The van der Waals surface area contributed by atoms with E-state index in [1.54, 1.807) is 0 Å². The molecule has 2 unspecified atom stereocenters. The molecule has 1 saturated carbocycles. The maximum absolute atomic E-state index is 12.5. The summed E-state index contributed by atoms with van der Waals surface area (Å²) in [7, 11) is 0. The van der Waals surface area contributed by atoms with Crippen molar-refractivity contribution in [1.29, 1.82) is 0 Å². The SMILES string of the molecule is N[C@@H](Cc1ccccc1)C(=O)N1CCC2CCCC2C1. The molecule has 0 bridgehead atoms. The normalized spacial score (nSPS) is 27.1. The number of nitrogens with zero attached hydrogens (tertiary/aromatic N) is 1. The van der Waals surface area contributed by atoms with Gasteiger partial charge in [-0.3, -0.25) is 4.79 Å². The van der Waals surface area contributed by atoms with Gasteiger partial charge in [0.1, 0.15) is 0 Å². The van der Waals surface area contributed by atoms with Crippen molar-refractivity contribution in [1.82, 2.24) is 4.90 Å². The van der Waals surface area contributed by atoms with Crippen LogP contribution in [-0.2, 0) is 11.2 Å². The van der Waals surface area contributed by atoms with E-state index in [2.05, 4.69) is 0 Å². The standard InChI is InChI=1S/C17H24N2O/c18-16(11-13-5-2-1-3-6-13)17(20)19-10-9-14-7-4-8-15(14)12-19/h1-3,5-6,14-16H,4,7-12,18H2/t14?,15?,16-/m0/s1. The van der Waals surface area contributed by atoms with Gasteiger partial charge in [-0.2, -0.15) is 0 Å². The first-order chi connectivity index (χ1) is 9.74. The minimum Gasteiger partial charge on any atom is -0.341 e.